The van der Waals surface area contributed by atoms with Crippen LogP contribution in [0.25, 0.3) is 0 Å². The fourth-order valence-electron chi connectivity index (χ4n) is 1.07. The van der Waals surface area contributed by atoms with Gasteiger partial charge < -0.3 is 19.3 Å². The molecule has 106 valence electrons. The zero-order valence-corrected chi connectivity index (χ0v) is 10.4. The minimum atomic E-state index is -4.22. The average Bonchev–Trinajstić information content (AvgIpc) is 2.23. The molecule has 0 unspecified atom stereocenters. The normalized spacial score (nSPS) is 10.6. The summed E-state index contributed by atoms with van der Waals surface area (Å²) in [5, 5.41) is 0. The van der Waals surface area contributed by atoms with Gasteiger partial charge in [0.15, 0.2) is 6.35 Å². The molecule has 1 aromatic heterocycles. The Morgan fingerprint density at radius 3 is 2.45 bits per heavy atom. The number of aryl methyl sites for hydroxylation is 1. The van der Waals surface area contributed by atoms with Crippen LogP contribution >= 0.6 is 7.60 Å². The summed E-state index contributed by atoms with van der Waals surface area (Å²) in [6.07, 6.45) is 0.552. The van der Waals surface area contributed by atoms with Crippen molar-refractivity contribution in [3.05, 3.63) is 32.6 Å². The molecule has 1 aromatic rings. The van der Waals surface area contributed by atoms with Gasteiger partial charge in [0.05, 0.1) is 0 Å². The van der Waals surface area contributed by atoms with Crippen LogP contribution in [0.1, 0.15) is 5.56 Å². The Hall–Kier alpha value is 0.750. The Kier molecular flexibility index (Phi) is 12.1. The van der Waals surface area contributed by atoms with Crippen LogP contribution in [0.2, 0.25) is 0 Å². The Balaban J connectivity index is 0. The third-order valence-electron chi connectivity index (χ3n) is 1.85. The van der Waals surface area contributed by atoms with Crippen molar-refractivity contribution in [3.63, 3.8) is 0 Å². The van der Waals surface area contributed by atoms with Crippen molar-refractivity contribution in [3.8, 4) is 0 Å². The Bertz CT molecular complexity index is 567. The zero-order chi connectivity index (χ0) is 13.8. The zero-order valence-electron chi connectivity index (χ0n) is 9.53. The molecule has 0 spiro atoms. The summed E-state index contributed by atoms with van der Waals surface area (Å²) in [7, 11) is -4.22. The van der Waals surface area contributed by atoms with E-state index in [4.69, 9.17) is 14.5 Å². The van der Waals surface area contributed by atoms with Gasteiger partial charge in [0.1, 0.15) is 13.5 Å². The van der Waals surface area contributed by atoms with Gasteiger partial charge in [-0.15, -0.1) is 0 Å². The monoisotopic (exact) mass is 328 g/mol. The maximum absolute atomic E-state index is 11.3. The molecule has 1 rings (SSSR count). The number of ether oxygens (including phenoxy) is 2. The first-order valence-corrected chi connectivity index (χ1v) is 6.60. The fraction of sp³-hybridized carbons (Fsp3) is 0.500. The van der Waals surface area contributed by atoms with Crippen LogP contribution in [0.4, 0.5) is 0 Å². The number of aromatic amines is 1. The predicted molar refractivity (Wildman–Crippen MR) is 74.3 cm³/mol. The molecule has 0 saturated carbocycles. The van der Waals surface area contributed by atoms with E-state index in [1.807, 2.05) is 0 Å². The summed E-state index contributed by atoms with van der Waals surface area (Å²) in [5.74, 6) is 0. The van der Waals surface area contributed by atoms with Crippen LogP contribution in [0.15, 0.2) is 15.8 Å². The van der Waals surface area contributed by atoms with Gasteiger partial charge in [-0.3, -0.25) is 18.9 Å². The standard InChI is InChI=1S/C8H13N2O7P.2Na.2H/c1-6-2-10(8(12)9-7(6)11)3-16-4-17-5-18(13,14)15;;;;/h2H,3-5H2,1H3,(H,9,11,12)(H2,13,14,15);;;;. The van der Waals surface area contributed by atoms with Gasteiger partial charge in [0, 0.05) is 11.8 Å². The molecule has 20 heavy (non-hydrogen) atoms. The Morgan fingerprint density at radius 2 is 1.90 bits per heavy atom. The van der Waals surface area contributed by atoms with Crippen molar-refractivity contribution in [2.75, 3.05) is 13.1 Å². The van der Waals surface area contributed by atoms with E-state index in [0.717, 1.165) is 4.57 Å². The van der Waals surface area contributed by atoms with Gasteiger partial charge >= 0.3 is 72.4 Å². The van der Waals surface area contributed by atoms with E-state index in [0.29, 0.717) is 5.56 Å². The maximum atomic E-state index is 11.3. The van der Waals surface area contributed by atoms with Crippen molar-refractivity contribution < 1.29 is 23.8 Å². The molecule has 0 bridgehead atoms. The summed E-state index contributed by atoms with van der Waals surface area (Å²) >= 11 is 0. The van der Waals surface area contributed by atoms with Gasteiger partial charge in [-0.1, -0.05) is 0 Å². The van der Waals surface area contributed by atoms with Gasteiger partial charge in [-0.05, 0) is 6.92 Å². The number of nitrogens with zero attached hydrogens (tertiary/aromatic N) is 1. The molecule has 0 amide bonds. The third kappa shape index (κ3) is 8.91. The van der Waals surface area contributed by atoms with E-state index < -0.39 is 25.2 Å². The summed E-state index contributed by atoms with van der Waals surface area (Å²) in [4.78, 5) is 41.4. The van der Waals surface area contributed by atoms with E-state index in [1.54, 1.807) is 0 Å². The molecule has 0 aliphatic carbocycles. The van der Waals surface area contributed by atoms with Crippen molar-refractivity contribution >= 4 is 66.7 Å². The van der Waals surface area contributed by atoms with Gasteiger partial charge in [0.25, 0.3) is 5.56 Å². The molecule has 0 fully saturated rings. The molecule has 0 aliphatic heterocycles. The van der Waals surface area contributed by atoms with E-state index in [2.05, 4.69) is 9.72 Å². The summed E-state index contributed by atoms with van der Waals surface area (Å²) in [6, 6.07) is 0. The number of rotatable bonds is 6. The Labute approximate surface area is 158 Å². The predicted octanol–water partition coefficient (Wildman–Crippen LogP) is -2.37. The van der Waals surface area contributed by atoms with Crippen LogP contribution in [-0.4, -0.2) is 91.6 Å². The van der Waals surface area contributed by atoms with Crippen LogP contribution in [-0.2, 0) is 20.8 Å². The molecule has 1 heterocycles. The molecular formula is C8H15N2Na2O7P. The first-order chi connectivity index (χ1) is 8.29. The molecule has 12 heteroatoms. The summed E-state index contributed by atoms with van der Waals surface area (Å²) < 4.78 is 20.9. The Morgan fingerprint density at radius 1 is 1.30 bits per heavy atom. The molecule has 9 nitrogen and oxygen atoms in total. The second kappa shape index (κ2) is 10.5. The second-order valence-corrected chi connectivity index (χ2v) is 5.08. The van der Waals surface area contributed by atoms with Gasteiger partial charge in [0.2, 0.25) is 0 Å². The fourth-order valence-corrected chi connectivity index (χ4v) is 1.38. The summed E-state index contributed by atoms with van der Waals surface area (Å²) in [6.45, 7) is 0.951. The molecular weight excluding hydrogens is 313 g/mol. The van der Waals surface area contributed by atoms with E-state index >= 15 is 0 Å². The quantitative estimate of drug-likeness (QED) is 0.230. The number of H-pyrrole nitrogens is 1. The van der Waals surface area contributed by atoms with Crippen molar-refractivity contribution in [1.82, 2.24) is 9.55 Å². The van der Waals surface area contributed by atoms with Crippen LogP contribution in [0.5, 0.6) is 0 Å². The van der Waals surface area contributed by atoms with Crippen LogP contribution in [0, 0.1) is 6.92 Å². The SMILES string of the molecule is Cc1cn(COCOCP(=O)(O)O)c(=O)[nH]c1=O.[NaH].[NaH]. The van der Waals surface area contributed by atoms with E-state index in [9.17, 15) is 14.2 Å². The second-order valence-electron chi connectivity index (χ2n) is 3.49. The molecule has 0 saturated heterocycles. The average molecular weight is 328 g/mol. The van der Waals surface area contributed by atoms with Gasteiger partial charge in [-0.2, -0.15) is 0 Å². The van der Waals surface area contributed by atoms with E-state index in [-0.39, 0.29) is 72.6 Å². The molecule has 0 atom stereocenters. The molecule has 3 N–H and O–H groups in total. The van der Waals surface area contributed by atoms with Crippen molar-refractivity contribution in [2.45, 2.75) is 13.7 Å². The number of aromatic nitrogens is 2. The number of nitrogens with one attached hydrogen (secondary N) is 1. The topological polar surface area (TPSA) is 131 Å². The minimum absolute atomic E-state index is 0. The third-order valence-corrected chi connectivity index (χ3v) is 2.36. The number of hydrogen-bond donors (Lipinski definition) is 3. The van der Waals surface area contributed by atoms with Crippen LogP contribution in [0.3, 0.4) is 0 Å². The van der Waals surface area contributed by atoms with E-state index in [1.165, 1.54) is 13.1 Å². The molecule has 0 aromatic carbocycles. The van der Waals surface area contributed by atoms with Crippen molar-refractivity contribution in [2.24, 2.45) is 0 Å². The van der Waals surface area contributed by atoms with Crippen LogP contribution < -0.4 is 11.2 Å². The molecule has 0 aliphatic rings. The first kappa shape index (κ1) is 23.0. The van der Waals surface area contributed by atoms with Gasteiger partial charge in [-0.25, -0.2) is 4.79 Å². The molecule has 0 radical (unpaired) electrons. The summed E-state index contributed by atoms with van der Waals surface area (Å²) in [5.41, 5.74) is -0.774. The van der Waals surface area contributed by atoms with Crippen molar-refractivity contribution in [1.29, 1.82) is 0 Å². The first-order valence-electron chi connectivity index (χ1n) is 4.80. The number of hydrogen-bond acceptors (Lipinski definition) is 5.